The number of benzene rings is 1. The van der Waals surface area contributed by atoms with Crippen LogP contribution >= 0.6 is 0 Å². The quantitative estimate of drug-likeness (QED) is 0.773. The lowest BCUT2D eigenvalue weighted by molar-refractivity contribution is -0.131. The Morgan fingerprint density at radius 1 is 1.26 bits per heavy atom. The lowest BCUT2D eigenvalue weighted by Gasteiger charge is -2.31. The molecule has 7 nitrogen and oxygen atoms in total. The Bertz CT molecular complexity index is 797. The number of hydrogen-bond acceptors (Lipinski definition) is 4. The third kappa shape index (κ3) is 5.29. The fraction of sp³-hybridized carbons (Fsp3) is 0.579. The lowest BCUT2D eigenvalue weighted by Crippen LogP contribution is -2.42. The van der Waals surface area contributed by atoms with Crippen LogP contribution in [-0.2, 0) is 19.6 Å². The number of carbonyl (C=O) groups excluding carboxylic acids is 2. The van der Waals surface area contributed by atoms with Gasteiger partial charge in [0.2, 0.25) is 21.8 Å². The molecule has 2 atom stereocenters. The van der Waals surface area contributed by atoms with Crippen molar-refractivity contribution in [2.24, 2.45) is 5.92 Å². The zero-order valence-corrected chi connectivity index (χ0v) is 17.4. The second-order valence-electron chi connectivity index (χ2n) is 8.02. The summed E-state index contributed by atoms with van der Waals surface area (Å²) in [6.45, 7) is 9.92. The first kappa shape index (κ1) is 21.4. The third-order valence-corrected chi connectivity index (χ3v) is 6.31. The Hall–Kier alpha value is -1.93. The molecule has 2 N–H and O–H groups in total. The summed E-state index contributed by atoms with van der Waals surface area (Å²) in [5.41, 5.74) is 0.189. The highest BCUT2D eigenvalue weighted by molar-refractivity contribution is 7.89. The van der Waals surface area contributed by atoms with Gasteiger partial charge in [0.1, 0.15) is 0 Å². The molecule has 8 heteroatoms. The van der Waals surface area contributed by atoms with E-state index in [4.69, 9.17) is 0 Å². The van der Waals surface area contributed by atoms with Crippen LogP contribution < -0.4 is 10.0 Å². The molecule has 0 radical (unpaired) electrons. The molecule has 0 aromatic heterocycles. The molecule has 150 valence electrons. The Morgan fingerprint density at radius 3 is 2.33 bits per heavy atom. The number of amides is 2. The Kier molecular flexibility index (Phi) is 6.32. The number of rotatable bonds is 6. The number of nitrogens with zero attached hydrogens (tertiary/aromatic N) is 1. The summed E-state index contributed by atoms with van der Waals surface area (Å²) in [5, 5.41) is 2.77. The summed E-state index contributed by atoms with van der Waals surface area (Å²) in [4.78, 5) is 26.5. The second kappa shape index (κ2) is 7.98. The molecule has 1 aliphatic rings. The minimum Gasteiger partial charge on any atom is -0.337 e. The highest BCUT2D eigenvalue weighted by atomic mass is 32.2. The fourth-order valence-electron chi connectivity index (χ4n) is 2.91. The van der Waals surface area contributed by atoms with Crippen molar-refractivity contribution in [3.63, 3.8) is 0 Å². The number of carbonyl (C=O) groups is 2. The number of likely N-dealkylation sites (tertiary alicyclic amines) is 1. The average Bonchev–Trinajstić information content (AvgIpc) is 2.97. The summed E-state index contributed by atoms with van der Waals surface area (Å²) in [6.07, 6.45) is 0.882. The average molecular weight is 396 g/mol. The van der Waals surface area contributed by atoms with E-state index in [-0.39, 0.29) is 34.7 Å². The van der Waals surface area contributed by atoms with E-state index < -0.39 is 15.9 Å². The van der Waals surface area contributed by atoms with Crippen LogP contribution in [0.2, 0.25) is 0 Å². The van der Waals surface area contributed by atoms with Gasteiger partial charge < -0.3 is 10.2 Å². The van der Waals surface area contributed by atoms with Crippen molar-refractivity contribution in [2.75, 3.05) is 11.9 Å². The molecular weight excluding hydrogens is 366 g/mol. The smallest absolute Gasteiger partial charge is 0.240 e. The monoisotopic (exact) mass is 395 g/mol. The lowest BCUT2D eigenvalue weighted by atomic mass is 10.1. The van der Waals surface area contributed by atoms with E-state index in [0.717, 1.165) is 0 Å². The number of hydrogen-bond donors (Lipinski definition) is 2. The molecule has 2 rings (SSSR count). The summed E-state index contributed by atoms with van der Waals surface area (Å²) in [6, 6.07) is 5.88. The SMILES string of the molecule is CCC(C)NS(=O)(=O)c1ccc(NC(=O)C2CC(=O)N(C(C)(C)C)C2)cc1. The van der Waals surface area contributed by atoms with E-state index in [2.05, 4.69) is 10.0 Å². The largest absolute Gasteiger partial charge is 0.337 e. The molecular formula is C19H29N3O4S. The first-order valence-electron chi connectivity index (χ1n) is 9.17. The number of anilines is 1. The predicted molar refractivity (Wildman–Crippen MR) is 105 cm³/mol. The Morgan fingerprint density at radius 2 is 1.85 bits per heavy atom. The van der Waals surface area contributed by atoms with Crippen molar-refractivity contribution in [2.45, 2.75) is 63.9 Å². The molecule has 1 aromatic carbocycles. The van der Waals surface area contributed by atoms with Crippen LogP contribution in [0, 0.1) is 5.92 Å². The van der Waals surface area contributed by atoms with Gasteiger partial charge in [-0.15, -0.1) is 0 Å². The van der Waals surface area contributed by atoms with Gasteiger partial charge in [0.25, 0.3) is 0 Å². The van der Waals surface area contributed by atoms with Crippen LogP contribution in [-0.4, -0.2) is 43.3 Å². The normalized spacial score (nSPS) is 19.2. The van der Waals surface area contributed by atoms with E-state index in [1.807, 2.05) is 27.7 Å². The third-order valence-electron chi connectivity index (χ3n) is 4.71. The molecule has 27 heavy (non-hydrogen) atoms. The van der Waals surface area contributed by atoms with E-state index in [9.17, 15) is 18.0 Å². The van der Waals surface area contributed by atoms with Crippen LogP contribution in [0.25, 0.3) is 0 Å². The van der Waals surface area contributed by atoms with Crippen LogP contribution in [0.15, 0.2) is 29.2 Å². The van der Waals surface area contributed by atoms with Crippen molar-refractivity contribution in [3.05, 3.63) is 24.3 Å². The maximum absolute atomic E-state index is 12.5. The Balaban J connectivity index is 2.03. The molecule has 0 aliphatic carbocycles. The predicted octanol–water partition coefficient (Wildman–Crippen LogP) is 2.35. The molecule has 1 heterocycles. The van der Waals surface area contributed by atoms with Crippen molar-refractivity contribution >= 4 is 27.5 Å². The first-order chi connectivity index (χ1) is 12.4. The van der Waals surface area contributed by atoms with E-state index in [0.29, 0.717) is 18.7 Å². The first-order valence-corrected chi connectivity index (χ1v) is 10.7. The highest BCUT2D eigenvalue weighted by Gasteiger charge is 2.39. The Labute approximate surface area is 161 Å². The van der Waals surface area contributed by atoms with Crippen LogP contribution in [0.4, 0.5) is 5.69 Å². The van der Waals surface area contributed by atoms with Crippen LogP contribution in [0.1, 0.15) is 47.5 Å². The van der Waals surface area contributed by atoms with Gasteiger partial charge in [0.05, 0.1) is 10.8 Å². The van der Waals surface area contributed by atoms with Crippen LogP contribution in [0.5, 0.6) is 0 Å². The standard InChI is InChI=1S/C19H29N3O4S/c1-6-13(2)21-27(25,26)16-9-7-15(8-10-16)20-18(24)14-11-17(23)22(12-14)19(3,4)5/h7-10,13-14,21H,6,11-12H2,1-5H3,(H,20,24). The van der Waals surface area contributed by atoms with Gasteiger partial charge in [-0.05, 0) is 58.4 Å². The van der Waals surface area contributed by atoms with Crippen molar-refractivity contribution < 1.29 is 18.0 Å². The van der Waals surface area contributed by atoms with Gasteiger partial charge in [-0.25, -0.2) is 13.1 Å². The molecule has 0 spiro atoms. The van der Waals surface area contributed by atoms with Gasteiger partial charge >= 0.3 is 0 Å². The summed E-state index contributed by atoms with van der Waals surface area (Å²) in [5.74, 6) is -0.671. The molecule has 1 aromatic rings. The van der Waals surface area contributed by atoms with Crippen molar-refractivity contribution in [3.8, 4) is 0 Å². The maximum Gasteiger partial charge on any atom is 0.240 e. The molecule has 2 unspecified atom stereocenters. The zero-order chi connectivity index (χ0) is 20.4. The molecule has 0 saturated carbocycles. The minimum absolute atomic E-state index is 0.0276. The minimum atomic E-state index is -3.58. The van der Waals surface area contributed by atoms with Crippen LogP contribution in [0.3, 0.4) is 0 Å². The number of nitrogens with one attached hydrogen (secondary N) is 2. The van der Waals surface area contributed by atoms with E-state index in [1.54, 1.807) is 24.0 Å². The topological polar surface area (TPSA) is 95.6 Å². The molecule has 1 aliphatic heterocycles. The summed E-state index contributed by atoms with van der Waals surface area (Å²) < 4.78 is 27.1. The van der Waals surface area contributed by atoms with Gasteiger partial charge in [-0.3, -0.25) is 9.59 Å². The molecule has 2 amide bonds. The van der Waals surface area contributed by atoms with Gasteiger partial charge in [0, 0.05) is 30.2 Å². The maximum atomic E-state index is 12.5. The van der Waals surface area contributed by atoms with Crippen molar-refractivity contribution in [1.29, 1.82) is 0 Å². The van der Waals surface area contributed by atoms with Crippen molar-refractivity contribution in [1.82, 2.24) is 9.62 Å². The second-order valence-corrected chi connectivity index (χ2v) is 9.73. The van der Waals surface area contributed by atoms with E-state index >= 15 is 0 Å². The molecule has 1 fully saturated rings. The fourth-order valence-corrected chi connectivity index (χ4v) is 4.24. The van der Waals surface area contributed by atoms with Gasteiger partial charge in [-0.2, -0.15) is 0 Å². The summed E-state index contributed by atoms with van der Waals surface area (Å²) in [7, 11) is -3.58. The highest BCUT2D eigenvalue weighted by Crippen LogP contribution is 2.27. The van der Waals surface area contributed by atoms with E-state index in [1.165, 1.54) is 12.1 Å². The van der Waals surface area contributed by atoms with Gasteiger partial charge in [-0.1, -0.05) is 6.92 Å². The molecule has 1 saturated heterocycles. The summed E-state index contributed by atoms with van der Waals surface area (Å²) >= 11 is 0. The van der Waals surface area contributed by atoms with Gasteiger partial charge in [0.15, 0.2) is 0 Å². The number of sulfonamides is 1. The zero-order valence-electron chi connectivity index (χ0n) is 16.6. The molecule has 0 bridgehead atoms.